The van der Waals surface area contributed by atoms with Crippen LogP contribution in [0.15, 0.2) is 11.8 Å². The number of hydrogen-bond acceptors (Lipinski definition) is 3. The Morgan fingerprint density at radius 1 is 1.75 bits per heavy atom. The molecular weight excluding hydrogens is 108 g/mol. The van der Waals surface area contributed by atoms with Crippen molar-refractivity contribution in [2.45, 2.75) is 6.42 Å². The van der Waals surface area contributed by atoms with Gasteiger partial charge in [0.1, 0.15) is 12.4 Å². The van der Waals surface area contributed by atoms with Gasteiger partial charge in [0.15, 0.2) is 0 Å². The highest BCUT2D eigenvalue weighted by molar-refractivity contribution is 4.94. The lowest BCUT2D eigenvalue weighted by Crippen LogP contribution is -1.87. The van der Waals surface area contributed by atoms with E-state index in [1.807, 2.05) is 0 Å². The van der Waals surface area contributed by atoms with E-state index in [2.05, 4.69) is 9.78 Å². The monoisotopic (exact) mass is 116 g/mol. The molecule has 1 N–H and O–H groups in total. The Balaban J connectivity index is 2.23. The summed E-state index contributed by atoms with van der Waals surface area (Å²) in [4.78, 5) is 9.10. The molecule has 0 unspecified atom stereocenters. The summed E-state index contributed by atoms with van der Waals surface area (Å²) in [6, 6.07) is 0. The van der Waals surface area contributed by atoms with E-state index in [1.54, 1.807) is 6.08 Å². The first kappa shape index (κ1) is 5.59. The Labute approximate surface area is 47.5 Å². The van der Waals surface area contributed by atoms with Crippen LogP contribution in [0.2, 0.25) is 0 Å². The van der Waals surface area contributed by atoms with Crippen LogP contribution in [-0.4, -0.2) is 18.3 Å². The predicted octanol–water partition coefficient (Wildman–Crippen LogP) is 0.214. The summed E-state index contributed by atoms with van der Waals surface area (Å²) >= 11 is 0. The molecule has 3 nitrogen and oxygen atoms in total. The standard InChI is InChI=1S/C5H8O3/c6-3-1-5-2-4-7-8-5/h2,6H,1,3-4H2. The topological polar surface area (TPSA) is 38.7 Å². The van der Waals surface area contributed by atoms with Gasteiger partial charge in [0.25, 0.3) is 0 Å². The molecule has 0 amide bonds. The Morgan fingerprint density at radius 3 is 3.12 bits per heavy atom. The number of rotatable bonds is 2. The Morgan fingerprint density at radius 2 is 2.62 bits per heavy atom. The first-order chi connectivity index (χ1) is 3.93. The van der Waals surface area contributed by atoms with Gasteiger partial charge in [-0.05, 0) is 6.08 Å². The average Bonchev–Trinajstić information content (AvgIpc) is 2.19. The Kier molecular flexibility index (Phi) is 1.88. The lowest BCUT2D eigenvalue weighted by Gasteiger charge is -1.94. The molecule has 46 valence electrons. The first-order valence-electron chi connectivity index (χ1n) is 2.53. The van der Waals surface area contributed by atoms with E-state index in [0.717, 1.165) is 5.76 Å². The van der Waals surface area contributed by atoms with Crippen molar-refractivity contribution in [2.24, 2.45) is 0 Å². The third-order valence-corrected chi connectivity index (χ3v) is 0.903. The normalized spacial score (nSPS) is 17.9. The van der Waals surface area contributed by atoms with Crippen LogP contribution in [0.3, 0.4) is 0 Å². The van der Waals surface area contributed by atoms with Gasteiger partial charge in [-0.25, -0.2) is 0 Å². The molecule has 0 aromatic heterocycles. The lowest BCUT2D eigenvalue weighted by atomic mass is 10.3. The van der Waals surface area contributed by atoms with Gasteiger partial charge >= 0.3 is 0 Å². The molecule has 0 aromatic carbocycles. The minimum Gasteiger partial charge on any atom is -0.396 e. The molecule has 0 saturated heterocycles. The van der Waals surface area contributed by atoms with Crippen LogP contribution in [0, 0.1) is 0 Å². The van der Waals surface area contributed by atoms with Gasteiger partial charge in [0.05, 0.1) is 6.61 Å². The van der Waals surface area contributed by atoms with E-state index in [-0.39, 0.29) is 6.61 Å². The van der Waals surface area contributed by atoms with Crippen molar-refractivity contribution in [2.75, 3.05) is 13.2 Å². The quantitative estimate of drug-likeness (QED) is 0.524. The summed E-state index contributed by atoms with van der Waals surface area (Å²) in [7, 11) is 0. The molecule has 1 heterocycles. The smallest absolute Gasteiger partial charge is 0.143 e. The predicted molar refractivity (Wildman–Crippen MR) is 26.8 cm³/mol. The molecule has 1 rings (SSSR count). The van der Waals surface area contributed by atoms with Crippen LogP contribution in [0.5, 0.6) is 0 Å². The molecule has 0 fully saturated rings. The van der Waals surface area contributed by atoms with E-state index in [1.165, 1.54) is 0 Å². The van der Waals surface area contributed by atoms with E-state index in [9.17, 15) is 0 Å². The van der Waals surface area contributed by atoms with Crippen molar-refractivity contribution in [1.29, 1.82) is 0 Å². The number of aliphatic hydroxyl groups excluding tert-OH is 1. The van der Waals surface area contributed by atoms with Gasteiger partial charge in [0.2, 0.25) is 0 Å². The Bertz CT molecular complexity index is 97.8. The maximum atomic E-state index is 8.35. The molecule has 1 aliphatic rings. The maximum Gasteiger partial charge on any atom is 0.143 e. The fourth-order valence-electron chi connectivity index (χ4n) is 0.525. The zero-order valence-corrected chi connectivity index (χ0v) is 4.46. The SMILES string of the molecule is OCCC1=CCOO1. The molecule has 0 aromatic rings. The van der Waals surface area contributed by atoms with Crippen molar-refractivity contribution in [3.8, 4) is 0 Å². The molecule has 0 atom stereocenters. The number of aliphatic hydroxyl groups is 1. The molecule has 3 heteroatoms. The number of hydrogen-bond donors (Lipinski definition) is 1. The van der Waals surface area contributed by atoms with Crippen molar-refractivity contribution >= 4 is 0 Å². The highest BCUT2D eigenvalue weighted by Crippen LogP contribution is 2.08. The van der Waals surface area contributed by atoms with Crippen LogP contribution < -0.4 is 0 Å². The highest BCUT2D eigenvalue weighted by atomic mass is 17.2. The third kappa shape index (κ3) is 1.21. The highest BCUT2D eigenvalue weighted by Gasteiger charge is 2.03. The molecule has 8 heavy (non-hydrogen) atoms. The van der Waals surface area contributed by atoms with Crippen LogP contribution in [-0.2, 0) is 9.78 Å². The lowest BCUT2D eigenvalue weighted by molar-refractivity contribution is -0.236. The largest absolute Gasteiger partial charge is 0.396 e. The molecule has 0 spiro atoms. The average molecular weight is 116 g/mol. The van der Waals surface area contributed by atoms with Gasteiger partial charge in [-0.3, -0.25) is 0 Å². The van der Waals surface area contributed by atoms with E-state index >= 15 is 0 Å². The van der Waals surface area contributed by atoms with Gasteiger partial charge in [-0.15, -0.1) is 0 Å². The first-order valence-corrected chi connectivity index (χ1v) is 2.53. The van der Waals surface area contributed by atoms with Gasteiger partial charge in [-0.1, -0.05) is 0 Å². The summed E-state index contributed by atoms with van der Waals surface area (Å²) in [5, 5.41) is 8.35. The van der Waals surface area contributed by atoms with E-state index in [0.29, 0.717) is 13.0 Å². The van der Waals surface area contributed by atoms with E-state index in [4.69, 9.17) is 5.11 Å². The van der Waals surface area contributed by atoms with Crippen molar-refractivity contribution in [3.05, 3.63) is 11.8 Å². The maximum absolute atomic E-state index is 8.35. The molecule has 1 aliphatic heterocycles. The van der Waals surface area contributed by atoms with Crippen molar-refractivity contribution in [1.82, 2.24) is 0 Å². The second-order valence-electron chi connectivity index (χ2n) is 1.51. The molecule has 0 bridgehead atoms. The second kappa shape index (κ2) is 2.69. The van der Waals surface area contributed by atoms with Crippen LogP contribution in [0.4, 0.5) is 0 Å². The third-order valence-electron chi connectivity index (χ3n) is 0.903. The Hall–Kier alpha value is -0.540. The summed E-state index contributed by atoms with van der Waals surface area (Å²) < 4.78 is 0. The van der Waals surface area contributed by atoms with Crippen molar-refractivity contribution in [3.63, 3.8) is 0 Å². The van der Waals surface area contributed by atoms with Gasteiger partial charge in [0, 0.05) is 6.42 Å². The minimum atomic E-state index is 0.120. The van der Waals surface area contributed by atoms with Crippen molar-refractivity contribution < 1.29 is 14.9 Å². The summed E-state index contributed by atoms with van der Waals surface area (Å²) in [5.74, 6) is 0.729. The van der Waals surface area contributed by atoms with E-state index < -0.39 is 0 Å². The fourth-order valence-corrected chi connectivity index (χ4v) is 0.525. The zero-order valence-electron chi connectivity index (χ0n) is 4.46. The van der Waals surface area contributed by atoms with Gasteiger partial charge < -0.3 is 9.99 Å². The molecule has 0 saturated carbocycles. The summed E-state index contributed by atoms with van der Waals surface area (Å²) in [5.41, 5.74) is 0. The van der Waals surface area contributed by atoms with Crippen LogP contribution in [0.25, 0.3) is 0 Å². The summed E-state index contributed by atoms with van der Waals surface area (Å²) in [6.07, 6.45) is 2.36. The fraction of sp³-hybridized carbons (Fsp3) is 0.600. The van der Waals surface area contributed by atoms with Crippen LogP contribution in [0.1, 0.15) is 6.42 Å². The molecule has 0 radical (unpaired) electrons. The second-order valence-corrected chi connectivity index (χ2v) is 1.51. The van der Waals surface area contributed by atoms with Gasteiger partial charge in [-0.2, -0.15) is 4.89 Å². The minimum absolute atomic E-state index is 0.120. The zero-order chi connectivity index (χ0) is 5.82. The molecule has 0 aliphatic carbocycles. The molecular formula is C5H8O3. The summed E-state index contributed by atoms with van der Waals surface area (Å²) in [6.45, 7) is 0.629. The van der Waals surface area contributed by atoms with Crippen LogP contribution >= 0.6 is 0 Å².